The fraction of sp³-hybridized carbons (Fsp3) is 0.800. The number of nitrogens with one attached hydrogen (secondary N) is 6. The molecule has 0 fully saturated rings. The molecule has 0 bridgehead atoms. The molecule has 74 heavy (non-hydrogen) atoms. The van der Waals surface area contributed by atoms with Crippen LogP contribution >= 0.6 is 0 Å². The van der Waals surface area contributed by atoms with Crippen LogP contribution in [0.3, 0.4) is 0 Å². The molecule has 24 heteroatoms. The van der Waals surface area contributed by atoms with Gasteiger partial charge >= 0.3 is 11.9 Å². The molecule has 1 aromatic heterocycles. The van der Waals surface area contributed by atoms with Crippen LogP contribution in [0.1, 0.15) is 128 Å². The number of aliphatic carboxylic acids is 2. The van der Waals surface area contributed by atoms with Gasteiger partial charge < -0.3 is 75.7 Å². The third-order valence-electron chi connectivity index (χ3n) is 11.0. The average Bonchev–Trinajstić information content (AvgIpc) is 3.89. The summed E-state index contributed by atoms with van der Waals surface area (Å²) in [5.74, 6) is -2.77. The van der Waals surface area contributed by atoms with Crippen LogP contribution in [0.2, 0.25) is 0 Å². The van der Waals surface area contributed by atoms with Crippen molar-refractivity contribution < 1.29 is 77.3 Å². The predicted octanol–water partition coefficient (Wildman–Crippen LogP) is 1.56. The van der Waals surface area contributed by atoms with Gasteiger partial charge in [0.2, 0.25) is 23.6 Å². The maximum absolute atomic E-state index is 12.2. The molecule has 0 saturated carbocycles. The third-order valence-corrected chi connectivity index (χ3v) is 11.0. The van der Waals surface area contributed by atoms with Gasteiger partial charge in [-0.25, -0.2) is 4.98 Å². The minimum Gasteiger partial charge on any atom is -0.481 e. The fourth-order valence-electron chi connectivity index (χ4n) is 6.84. The number of carbonyl (C=O) groups is 7. The zero-order valence-corrected chi connectivity index (χ0v) is 44.1. The lowest BCUT2D eigenvalue weighted by Crippen LogP contribution is -2.45. The first-order valence-electron chi connectivity index (χ1n) is 26.4. The number of H-pyrrole nitrogens is 1. The molecule has 1 heterocycles. The number of imidazole rings is 1. The summed E-state index contributed by atoms with van der Waals surface area (Å²) >= 11 is 0. The summed E-state index contributed by atoms with van der Waals surface area (Å²) in [6, 6.07) is -1.66. The van der Waals surface area contributed by atoms with E-state index >= 15 is 0 Å². The van der Waals surface area contributed by atoms with Crippen LogP contribution in [0.25, 0.3) is 0 Å². The zero-order valence-electron chi connectivity index (χ0n) is 44.1. The van der Waals surface area contributed by atoms with E-state index in [1.807, 2.05) is 0 Å². The summed E-state index contributed by atoms with van der Waals surface area (Å²) in [6.45, 7) is 3.58. The molecule has 0 unspecified atom stereocenters. The summed E-state index contributed by atoms with van der Waals surface area (Å²) in [7, 11) is 1.55. The van der Waals surface area contributed by atoms with E-state index in [2.05, 4.69) is 36.6 Å². The Morgan fingerprint density at radius 2 is 1.03 bits per heavy atom. The number of Topliss-reactive ketones (excluding diaryl/α,β-unsaturated/α-hetero) is 1. The molecule has 0 saturated heterocycles. The smallest absolute Gasteiger partial charge is 0.320 e. The second kappa shape index (κ2) is 51.8. The standard InChI is InChI=1S/C26H50N2O7.C24H42N6O9/c29-19-17-27-25(31)23-35-22-21-34-20-18-28-24(30)15-13-11-9-7-5-3-1-2-4-6-8-10-12-14-16-26(32)33;1-36-8-9-38-16-23(33)28-6-7-37-10-11-39-15-22(32)27-5-3-2-4-20(24(34)35)29-14-21(31)19(25)12-18-13-26-17-30-18/h29H,1-23H2,(H,27,31)(H,28,30)(H,32,33);13,17,19-20,29H,2-12,14-16,25H2,1H3,(H,26,30)(H,27,32)(H,28,33)(H,34,35)/t;19-,20-/m.0/s1. The highest BCUT2D eigenvalue weighted by Gasteiger charge is 2.21. The van der Waals surface area contributed by atoms with Gasteiger partial charge in [-0.2, -0.15) is 0 Å². The Bertz CT molecular complexity index is 1560. The molecule has 1 aromatic rings. The molecule has 11 N–H and O–H groups in total. The van der Waals surface area contributed by atoms with E-state index in [0.717, 1.165) is 37.8 Å². The summed E-state index contributed by atoms with van der Waals surface area (Å²) in [5, 5.41) is 40.0. The molecule has 4 amide bonds. The molecule has 2 atom stereocenters. The number of hydrogen-bond donors (Lipinski definition) is 10. The van der Waals surface area contributed by atoms with E-state index in [1.54, 1.807) is 13.3 Å². The molecular weight excluding hydrogens is 969 g/mol. The highest BCUT2D eigenvalue weighted by molar-refractivity contribution is 5.86. The Morgan fingerprint density at radius 3 is 1.50 bits per heavy atom. The lowest BCUT2D eigenvalue weighted by molar-refractivity contribution is -0.140. The first-order valence-corrected chi connectivity index (χ1v) is 26.4. The summed E-state index contributed by atoms with van der Waals surface area (Å²) in [4.78, 5) is 87.2. The van der Waals surface area contributed by atoms with Gasteiger partial charge in [0, 0.05) is 64.4 Å². The number of aliphatic hydroxyl groups is 1. The van der Waals surface area contributed by atoms with E-state index in [-0.39, 0.29) is 82.1 Å². The van der Waals surface area contributed by atoms with Crippen LogP contribution < -0.4 is 32.3 Å². The predicted molar refractivity (Wildman–Crippen MR) is 275 cm³/mol. The number of ether oxygens (including phenoxy) is 6. The van der Waals surface area contributed by atoms with Crippen molar-refractivity contribution in [2.45, 2.75) is 141 Å². The van der Waals surface area contributed by atoms with Crippen molar-refractivity contribution in [1.29, 1.82) is 0 Å². The SMILES string of the molecule is COCCOCC(=O)NCCOCCOCC(=O)NCCCC[C@H](NCC(=O)[C@@H](N)Cc1cnc[nH]1)C(=O)O.O=C(O)CCCCCCCCCCCCCCCCC(=O)NCCOCCOCC(=O)NCCO. The van der Waals surface area contributed by atoms with Crippen molar-refractivity contribution in [3.05, 3.63) is 18.2 Å². The van der Waals surface area contributed by atoms with Crippen LogP contribution in [0.4, 0.5) is 0 Å². The highest BCUT2D eigenvalue weighted by atomic mass is 16.5. The van der Waals surface area contributed by atoms with Crippen LogP contribution in [0.15, 0.2) is 12.5 Å². The molecular formula is C50H92N8O16. The Morgan fingerprint density at radius 1 is 0.568 bits per heavy atom. The number of nitrogens with zero attached hydrogens (tertiary/aromatic N) is 1. The van der Waals surface area contributed by atoms with Gasteiger partial charge in [0.25, 0.3) is 0 Å². The fourth-order valence-corrected chi connectivity index (χ4v) is 6.84. The van der Waals surface area contributed by atoms with Crippen LogP contribution in [-0.4, -0.2) is 198 Å². The number of aromatic nitrogens is 2. The number of nitrogens with two attached hydrogens (primary N) is 1. The number of hydrogen-bond acceptors (Lipinski definition) is 17. The van der Waals surface area contributed by atoms with Crippen molar-refractivity contribution in [3.63, 3.8) is 0 Å². The monoisotopic (exact) mass is 1060 g/mol. The number of aliphatic hydroxyl groups excluding tert-OH is 1. The Hall–Kier alpha value is -4.66. The Balaban J connectivity index is 0.00000145. The molecule has 0 spiro atoms. The number of carboxylic acid groups (broad SMARTS) is 2. The second-order valence-electron chi connectivity index (χ2n) is 17.5. The topological polar surface area (TPSA) is 350 Å². The summed E-state index contributed by atoms with van der Waals surface area (Å²) in [5.41, 5.74) is 6.60. The van der Waals surface area contributed by atoms with E-state index in [1.165, 1.54) is 64.1 Å². The van der Waals surface area contributed by atoms with E-state index in [0.29, 0.717) is 97.8 Å². The van der Waals surface area contributed by atoms with Crippen molar-refractivity contribution in [2.24, 2.45) is 5.73 Å². The third kappa shape index (κ3) is 48.3. The van der Waals surface area contributed by atoms with Crippen molar-refractivity contribution in [2.75, 3.05) is 119 Å². The normalized spacial score (nSPS) is 11.8. The average molecular weight is 1060 g/mol. The van der Waals surface area contributed by atoms with Gasteiger partial charge in [0.05, 0.1) is 78.4 Å². The van der Waals surface area contributed by atoms with Crippen LogP contribution in [-0.2, 0) is 68.4 Å². The van der Waals surface area contributed by atoms with Crippen molar-refractivity contribution >= 4 is 41.4 Å². The van der Waals surface area contributed by atoms with Gasteiger partial charge in [-0.3, -0.25) is 38.9 Å². The van der Waals surface area contributed by atoms with Gasteiger partial charge in [0.15, 0.2) is 5.78 Å². The number of unbranched alkanes of at least 4 members (excludes halogenated alkanes) is 14. The number of methoxy groups -OCH3 is 1. The molecule has 428 valence electrons. The van der Waals surface area contributed by atoms with Gasteiger partial charge in [-0.1, -0.05) is 77.0 Å². The number of amides is 4. The Kier molecular flexibility index (Phi) is 48.5. The number of aromatic amines is 1. The number of ketones is 1. The first kappa shape index (κ1) is 69.3. The maximum Gasteiger partial charge on any atom is 0.320 e. The van der Waals surface area contributed by atoms with E-state index in [4.69, 9.17) is 44.4 Å². The quantitative estimate of drug-likeness (QED) is 0.0414. The van der Waals surface area contributed by atoms with Gasteiger partial charge in [-0.15, -0.1) is 0 Å². The lowest BCUT2D eigenvalue weighted by atomic mass is 10.0. The van der Waals surface area contributed by atoms with Crippen LogP contribution in [0, 0.1) is 0 Å². The highest BCUT2D eigenvalue weighted by Crippen LogP contribution is 2.14. The minimum atomic E-state index is -1.06. The Labute approximate surface area is 437 Å². The molecule has 0 aliphatic carbocycles. The molecule has 0 radical (unpaired) electrons. The van der Waals surface area contributed by atoms with Crippen LogP contribution in [0.5, 0.6) is 0 Å². The zero-order chi connectivity index (χ0) is 54.5. The molecule has 0 aliphatic rings. The lowest BCUT2D eigenvalue weighted by Gasteiger charge is -2.16. The number of rotatable bonds is 52. The number of carbonyl (C=O) groups excluding carboxylic acids is 5. The summed E-state index contributed by atoms with van der Waals surface area (Å²) < 4.78 is 31.0. The van der Waals surface area contributed by atoms with Gasteiger partial charge in [-0.05, 0) is 32.1 Å². The minimum absolute atomic E-state index is 0.0391. The van der Waals surface area contributed by atoms with E-state index < -0.39 is 24.0 Å². The number of carboxylic acids is 2. The second-order valence-corrected chi connectivity index (χ2v) is 17.5. The van der Waals surface area contributed by atoms with Crippen molar-refractivity contribution in [1.82, 2.24) is 36.6 Å². The molecule has 24 nitrogen and oxygen atoms in total. The first-order chi connectivity index (χ1) is 35.9. The maximum atomic E-state index is 12.2. The van der Waals surface area contributed by atoms with Gasteiger partial charge in [0.1, 0.15) is 25.9 Å². The largest absolute Gasteiger partial charge is 0.481 e. The molecule has 0 aromatic carbocycles. The summed E-state index contributed by atoms with van der Waals surface area (Å²) in [6.07, 6.45) is 22.0. The molecule has 0 aliphatic heterocycles. The molecule has 1 rings (SSSR count). The van der Waals surface area contributed by atoms with E-state index in [9.17, 15) is 38.7 Å². The van der Waals surface area contributed by atoms with Crippen molar-refractivity contribution in [3.8, 4) is 0 Å².